The van der Waals surface area contributed by atoms with E-state index in [-0.39, 0.29) is 5.78 Å². The summed E-state index contributed by atoms with van der Waals surface area (Å²) >= 11 is 0. The SMILES string of the molecule is O=C(/C=C/c1cccc2ccccc12)c1cccc2cccnc12. The summed E-state index contributed by atoms with van der Waals surface area (Å²) in [5.41, 5.74) is 2.41. The molecular weight excluding hydrogens is 294 g/mol. The van der Waals surface area contributed by atoms with Crippen molar-refractivity contribution in [2.45, 2.75) is 0 Å². The minimum atomic E-state index is -0.0350. The fourth-order valence-electron chi connectivity index (χ4n) is 2.95. The highest BCUT2D eigenvalue weighted by Gasteiger charge is 2.08. The summed E-state index contributed by atoms with van der Waals surface area (Å²) < 4.78 is 0. The van der Waals surface area contributed by atoms with Gasteiger partial charge in [-0.3, -0.25) is 9.78 Å². The fraction of sp³-hybridized carbons (Fsp3) is 0. The Morgan fingerprint density at radius 3 is 2.50 bits per heavy atom. The Labute approximate surface area is 140 Å². The average Bonchev–Trinajstić information content (AvgIpc) is 2.65. The Balaban J connectivity index is 1.74. The summed E-state index contributed by atoms with van der Waals surface area (Å²) in [6, 6.07) is 23.8. The predicted molar refractivity (Wildman–Crippen MR) is 99.1 cm³/mol. The summed E-state index contributed by atoms with van der Waals surface area (Å²) in [5, 5.41) is 3.28. The van der Waals surface area contributed by atoms with Crippen molar-refractivity contribution in [3.63, 3.8) is 0 Å². The van der Waals surface area contributed by atoms with Crippen molar-refractivity contribution in [2.75, 3.05) is 0 Å². The van der Waals surface area contributed by atoms with Gasteiger partial charge in [-0.1, -0.05) is 66.7 Å². The van der Waals surface area contributed by atoms with Gasteiger partial charge in [-0.2, -0.15) is 0 Å². The summed E-state index contributed by atoms with van der Waals surface area (Å²) in [5.74, 6) is -0.0350. The lowest BCUT2D eigenvalue weighted by atomic mass is 10.0. The van der Waals surface area contributed by atoms with E-state index < -0.39 is 0 Å². The number of para-hydroxylation sites is 1. The van der Waals surface area contributed by atoms with Gasteiger partial charge in [-0.15, -0.1) is 0 Å². The number of allylic oxidation sites excluding steroid dienone is 1. The topological polar surface area (TPSA) is 30.0 Å². The lowest BCUT2D eigenvalue weighted by Gasteiger charge is -2.03. The molecule has 0 aliphatic rings. The maximum absolute atomic E-state index is 12.6. The molecule has 0 fully saturated rings. The van der Waals surface area contributed by atoms with E-state index in [4.69, 9.17) is 0 Å². The zero-order valence-electron chi connectivity index (χ0n) is 13.0. The van der Waals surface area contributed by atoms with E-state index in [0.717, 1.165) is 21.9 Å². The van der Waals surface area contributed by atoms with E-state index in [9.17, 15) is 4.79 Å². The number of rotatable bonds is 3. The highest BCUT2D eigenvalue weighted by molar-refractivity contribution is 6.14. The average molecular weight is 309 g/mol. The molecule has 2 heteroatoms. The molecule has 0 saturated carbocycles. The van der Waals surface area contributed by atoms with E-state index >= 15 is 0 Å². The van der Waals surface area contributed by atoms with Gasteiger partial charge in [0, 0.05) is 17.1 Å². The monoisotopic (exact) mass is 309 g/mol. The molecule has 0 spiro atoms. The van der Waals surface area contributed by atoms with Gasteiger partial charge in [0.1, 0.15) is 0 Å². The highest BCUT2D eigenvalue weighted by Crippen LogP contribution is 2.21. The lowest BCUT2D eigenvalue weighted by molar-refractivity contribution is 0.104. The number of carbonyl (C=O) groups excluding carboxylic acids is 1. The first-order valence-electron chi connectivity index (χ1n) is 7.87. The maximum Gasteiger partial charge on any atom is 0.188 e. The first kappa shape index (κ1) is 14.3. The molecular formula is C22H15NO. The number of hydrogen-bond donors (Lipinski definition) is 0. The molecule has 0 bridgehead atoms. The molecule has 0 amide bonds. The Morgan fingerprint density at radius 2 is 1.54 bits per heavy atom. The van der Waals surface area contributed by atoms with E-state index in [1.165, 1.54) is 5.39 Å². The molecule has 114 valence electrons. The number of hydrogen-bond acceptors (Lipinski definition) is 2. The molecule has 24 heavy (non-hydrogen) atoms. The molecule has 0 saturated heterocycles. The van der Waals surface area contributed by atoms with Gasteiger partial charge in [-0.25, -0.2) is 0 Å². The first-order chi connectivity index (χ1) is 11.8. The van der Waals surface area contributed by atoms with Crippen LogP contribution in [-0.2, 0) is 0 Å². The Bertz CT molecular complexity index is 1070. The molecule has 0 N–H and O–H groups in total. The number of ketones is 1. The van der Waals surface area contributed by atoms with Gasteiger partial charge in [-0.05, 0) is 34.5 Å². The van der Waals surface area contributed by atoms with E-state index in [2.05, 4.69) is 23.2 Å². The zero-order valence-corrected chi connectivity index (χ0v) is 13.0. The minimum Gasteiger partial charge on any atom is -0.289 e. The third-order valence-corrected chi connectivity index (χ3v) is 4.14. The number of carbonyl (C=O) groups is 1. The number of fused-ring (bicyclic) bond motifs is 2. The van der Waals surface area contributed by atoms with Crippen molar-refractivity contribution in [1.82, 2.24) is 4.98 Å². The second kappa shape index (κ2) is 6.09. The largest absolute Gasteiger partial charge is 0.289 e. The van der Waals surface area contributed by atoms with Crippen LogP contribution in [-0.4, -0.2) is 10.8 Å². The van der Waals surface area contributed by atoms with Crippen LogP contribution in [0.2, 0.25) is 0 Å². The van der Waals surface area contributed by atoms with Crippen LogP contribution in [0.4, 0.5) is 0 Å². The highest BCUT2D eigenvalue weighted by atomic mass is 16.1. The van der Waals surface area contributed by atoms with Gasteiger partial charge >= 0.3 is 0 Å². The van der Waals surface area contributed by atoms with Crippen LogP contribution >= 0.6 is 0 Å². The molecule has 0 atom stereocenters. The van der Waals surface area contributed by atoms with Crippen molar-refractivity contribution in [3.05, 3.63) is 96.2 Å². The summed E-state index contributed by atoms with van der Waals surface area (Å²) in [7, 11) is 0. The van der Waals surface area contributed by atoms with Crippen LogP contribution in [0, 0.1) is 0 Å². The van der Waals surface area contributed by atoms with Crippen LogP contribution in [0.15, 0.2) is 85.1 Å². The van der Waals surface area contributed by atoms with E-state index in [0.29, 0.717) is 5.56 Å². The quantitative estimate of drug-likeness (QED) is 0.380. The van der Waals surface area contributed by atoms with Gasteiger partial charge in [0.05, 0.1) is 5.52 Å². The van der Waals surface area contributed by atoms with E-state index in [1.807, 2.05) is 60.7 Å². The zero-order chi connectivity index (χ0) is 16.4. The normalized spacial score (nSPS) is 11.3. The molecule has 4 aromatic rings. The number of benzene rings is 3. The predicted octanol–water partition coefficient (Wildman–Crippen LogP) is 5.28. The second-order valence-electron chi connectivity index (χ2n) is 5.65. The van der Waals surface area contributed by atoms with Crippen LogP contribution in [0.1, 0.15) is 15.9 Å². The molecule has 0 aliphatic heterocycles. The van der Waals surface area contributed by atoms with Crippen molar-refractivity contribution in [1.29, 1.82) is 0 Å². The molecule has 1 aromatic heterocycles. The maximum atomic E-state index is 12.6. The molecule has 2 nitrogen and oxygen atoms in total. The lowest BCUT2D eigenvalue weighted by Crippen LogP contribution is -1.97. The number of aromatic nitrogens is 1. The standard InChI is InChI=1S/C22H15NO/c24-21(20-12-4-9-18-10-5-15-23-22(18)20)14-13-17-8-3-7-16-6-1-2-11-19(16)17/h1-15H/b14-13+. The minimum absolute atomic E-state index is 0.0350. The van der Waals surface area contributed by atoms with Gasteiger partial charge in [0.2, 0.25) is 0 Å². The smallest absolute Gasteiger partial charge is 0.188 e. The second-order valence-corrected chi connectivity index (χ2v) is 5.65. The third kappa shape index (κ3) is 2.59. The first-order valence-corrected chi connectivity index (χ1v) is 7.87. The fourth-order valence-corrected chi connectivity index (χ4v) is 2.95. The van der Waals surface area contributed by atoms with Crippen molar-refractivity contribution in [2.24, 2.45) is 0 Å². The van der Waals surface area contributed by atoms with Crippen LogP contribution < -0.4 is 0 Å². The summed E-state index contributed by atoms with van der Waals surface area (Å²) in [6.07, 6.45) is 5.23. The van der Waals surface area contributed by atoms with Crippen LogP contribution in [0.25, 0.3) is 27.8 Å². The summed E-state index contributed by atoms with van der Waals surface area (Å²) in [4.78, 5) is 17.0. The molecule has 0 aliphatic carbocycles. The van der Waals surface area contributed by atoms with Crippen molar-refractivity contribution < 1.29 is 4.79 Å². The van der Waals surface area contributed by atoms with Gasteiger partial charge in [0.15, 0.2) is 5.78 Å². The number of nitrogens with zero attached hydrogens (tertiary/aromatic N) is 1. The molecule has 3 aromatic carbocycles. The molecule has 0 unspecified atom stereocenters. The molecule has 1 heterocycles. The van der Waals surface area contributed by atoms with Crippen LogP contribution in [0.5, 0.6) is 0 Å². The molecule has 4 rings (SSSR count). The summed E-state index contributed by atoms with van der Waals surface area (Å²) in [6.45, 7) is 0. The molecule has 0 radical (unpaired) electrons. The Hall–Kier alpha value is -3.26. The van der Waals surface area contributed by atoms with Crippen LogP contribution in [0.3, 0.4) is 0 Å². The Morgan fingerprint density at radius 1 is 0.792 bits per heavy atom. The van der Waals surface area contributed by atoms with Gasteiger partial charge < -0.3 is 0 Å². The van der Waals surface area contributed by atoms with Crippen molar-refractivity contribution in [3.8, 4) is 0 Å². The Kier molecular flexibility index (Phi) is 3.64. The third-order valence-electron chi connectivity index (χ3n) is 4.14. The van der Waals surface area contributed by atoms with E-state index in [1.54, 1.807) is 12.3 Å². The number of pyridine rings is 1. The van der Waals surface area contributed by atoms with Gasteiger partial charge in [0.25, 0.3) is 0 Å². The van der Waals surface area contributed by atoms with Crippen molar-refractivity contribution >= 4 is 33.5 Å².